The Morgan fingerprint density at radius 3 is 2.62 bits per heavy atom. The van der Waals surface area contributed by atoms with E-state index in [4.69, 9.17) is 9.47 Å². The zero-order valence-corrected chi connectivity index (χ0v) is 13.4. The molecule has 0 aliphatic rings. The minimum Gasteiger partial charge on any atom is -0.493 e. The first-order valence-electron chi connectivity index (χ1n) is 7.27. The van der Waals surface area contributed by atoms with Gasteiger partial charge in [0, 0.05) is 12.6 Å². The van der Waals surface area contributed by atoms with Crippen LogP contribution in [0, 0.1) is 17.0 Å². The number of rotatable bonds is 7. The number of nitro groups is 1. The SMILES string of the molecule is COc1ccc([N+](=O)[O-])cc1OCC(=O)NCc1ccccc1C. The zero-order chi connectivity index (χ0) is 17.5. The molecule has 0 radical (unpaired) electrons. The van der Waals surface area contributed by atoms with E-state index in [0.717, 1.165) is 11.1 Å². The van der Waals surface area contributed by atoms with E-state index in [1.165, 1.54) is 25.3 Å². The summed E-state index contributed by atoms with van der Waals surface area (Å²) in [6, 6.07) is 11.7. The Morgan fingerprint density at radius 2 is 1.96 bits per heavy atom. The highest BCUT2D eigenvalue weighted by Crippen LogP contribution is 2.30. The molecular weight excluding hydrogens is 312 g/mol. The molecule has 0 spiro atoms. The zero-order valence-electron chi connectivity index (χ0n) is 13.4. The van der Waals surface area contributed by atoms with Gasteiger partial charge in [0.2, 0.25) is 0 Å². The van der Waals surface area contributed by atoms with Crippen LogP contribution in [0.2, 0.25) is 0 Å². The number of amides is 1. The molecule has 126 valence electrons. The van der Waals surface area contributed by atoms with Gasteiger partial charge < -0.3 is 14.8 Å². The molecule has 0 fully saturated rings. The van der Waals surface area contributed by atoms with Gasteiger partial charge >= 0.3 is 0 Å². The van der Waals surface area contributed by atoms with Crippen molar-refractivity contribution in [1.82, 2.24) is 5.32 Å². The van der Waals surface area contributed by atoms with Gasteiger partial charge in [0.05, 0.1) is 18.1 Å². The number of aryl methyl sites for hydroxylation is 1. The smallest absolute Gasteiger partial charge is 0.273 e. The third-order valence-corrected chi connectivity index (χ3v) is 3.45. The number of hydrogen-bond donors (Lipinski definition) is 1. The molecule has 1 N–H and O–H groups in total. The van der Waals surface area contributed by atoms with Crippen LogP contribution in [0.5, 0.6) is 11.5 Å². The lowest BCUT2D eigenvalue weighted by Crippen LogP contribution is -2.28. The highest BCUT2D eigenvalue weighted by Gasteiger charge is 2.14. The molecule has 0 saturated heterocycles. The van der Waals surface area contributed by atoms with Crippen molar-refractivity contribution in [2.75, 3.05) is 13.7 Å². The number of carbonyl (C=O) groups excluding carboxylic acids is 1. The molecule has 0 aliphatic heterocycles. The van der Waals surface area contributed by atoms with E-state index in [-0.39, 0.29) is 24.0 Å². The standard InChI is InChI=1S/C17H18N2O5/c1-12-5-3-4-6-13(12)10-18-17(20)11-24-16-9-14(19(21)22)7-8-15(16)23-2/h3-9H,10-11H2,1-2H3,(H,18,20). The summed E-state index contributed by atoms with van der Waals surface area (Å²) in [5, 5.41) is 13.6. The number of nitro benzene ring substituents is 1. The molecule has 1 amide bonds. The lowest BCUT2D eigenvalue weighted by Gasteiger charge is -2.11. The molecule has 7 heteroatoms. The van der Waals surface area contributed by atoms with Crippen LogP contribution in [0.1, 0.15) is 11.1 Å². The fourth-order valence-corrected chi connectivity index (χ4v) is 2.09. The fourth-order valence-electron chi connectivity index (χ4n) is 2.09. The second-order valence-corrected chi connectivity index (χ2v) is 5.08. The lowest BCUT2D eigenvalue weighted by molar-refractivity contribution is -0.385. The highest BCUT2D eigenvalue weighted by molar-refractivity contribution is 5.77. The van der Waals surface area contributed by atoms with Gasteiger partial charge in [0.15, 0.2) is 18.1 Å². The average Bonchev–Trinajstić information content (AvgIpc) is 2.58. The summed E-state index contributed by atoms with van der Waals surface area (Å²) in [7, 11) is 1.42. The predicted octanol–water partition coefficient (Wildman–Crippen LogP) is 2.61. The minimum absolute atomic E-state index is 0.133. The molecule has 7 nitrogen and oxygen atoms in total. The molecule has 0 aliphatic carbocycles. The van der Waals surface area contributed by atoms with E-state index >= 15 is 0 Å². The molecule has 2 aromatic rings. The second kappa shape index (κ2) is 7.96. The van der Waals surface area contributed by atoms with Crippen molar-refractivity contribution in [2.24, 2.45) is 0 Å². The molecule has 24 heavy (non-hydrogen) atoms. The summed E-state index contributed by atoms with van der Waals surface area (Å²) in [6.07, 6.45) is 0. The van der Waals surface area contributed by atoms with Crippen LogP contribution in [0.4, 0.5) is 5.69 Å². The predicted molar refractivity (Wildman–Crippen MR) is 88.2 cm³/mol. The van der Waals surface area contributed by atoms with Gasteiger partial charge in [-0.3, -0.25) is 14.9 Å². The number of non-ortho nitro benzene ring substituents is 1. The summed E-state index contributed by atoms with van der Waals surface area (Å²) in [5.74, 6) is 0.150. The maximum absolute atomic E-state index is 11.9. The van der Waals surface area contributed by atoms with Crippen molar-refractivity contribution < 1.29 is 19.2 Å². The van der Waals surface area contributed by atoms with Crippen molar-refractivity contribution in [3.8, 4) is 11.5 Å². The van der Waals surface area contributed by atoms with Gasteiger partial charge in [-0.1, -0.05) is 24.3 Å². The Labute approximate surface area is 139 Å². The largest absolute Gasteiger partial charge is 0.493 e. The minimum atomic E-state index is -0.537. The number of carbonyl (C=O) groups is 1. The lowest BCUT2D eigenvalue weighted by atomic mass is 10.1. The van der Waals surface area contributed by atoms with Crippen molar-refractivity contribution in [3.05, 3.63) is 63.7 Å². The van der Waals surface area contributed by atoms with Crippen LogP contribution in [0.15, 0.2) is 42.5 Å². The van der Waals surface area contributed by atoms with Gasteiger partial charge in [0.1, 0.15) is 0 Å². The topological polar surface area (TPSA) is 90.7 Å². The second-order valence-electron chi connectivity index (χ2n) is 5.08. The van der Waals surface area contributed by atoms with Crippen LogP contribution in [0.25, 0.3) is 0 Å². The average molecular weight is 330 g/mol. The molecule has 0 bridgehead atoms. The van der Waals surface area contributed by atoms with E-state index in [1.807, 2.05) is 31.2 Å². The quantitative estimate of drug-likeness (QED) is 0.622. The number of hydrogen-bond acceptors (Lipinski definition) is 5. The Balaban J connectivity index is 1.95. The Kier molecular flexibility index (Phi) is 5.73. The monoisotopic (exact) mass is 330 g/mol. The third kappa shape index (κ3) is 4.45. The molecule has 0 aromatic heterocycles. The summed E-state index contributed by atoms with van der Waals surface area (Å²) in [5.41, 5.74) is 1.96. The van der Waals surface area contributed by atoms with Gasteiger partial charge in [-0.2, -0.15) is 0 Å². The van der Waals surface area contributed by atoms with E-state index in [2.05, 4.69) is 5.32 Å². The Morgan fingerprint density at radius 1 is 1.21 bits per heavy atom. The summed E-state index contributed by atoms with van der Waals surface area (Å²) in [4.78, 5) is 22.2. The van der Waals surface area contributed by atoms with E-state index in [1.54, 1.807) is 0 Å². The van der Waals surface area contributed by atoms with Crippen LogP contribution in [0.3, 0.4) is 0 Å². The number of nitrogens with one attached hydrogen (secondary N) is 1. The molecule has 0 saturated carbocycles. The van der Waals surface area contributed by atoms with E-state index in [0.29, 0.717) is 12.3 Å². The highest BCUT2D eigenvalue weighted by atomic mass is 16.6. The number of benzene rings is 2. The molecular formula is C17H18N2O5. The molecule has 2 aromatic carbocycles. The maximum atomic E-state index is 11.9. The first kappa shape index (κ1) is 17.3. The van der Waals surface area contributed by atoms with Crippen molar-refractivity contribution in [1.29, 1.82) is 0 Å². The first-order chi connectivity index (χ1) is 11.5. The van der Waals surface area contributed by atoms with Crippen molar-refractivity contribution in [2.45, 2.75) is 13.5 Å². The van der Waals surface area contributed by atoms with Gasteiger partial charge in [0.25, 0.3) is 11.6 Å². The van der Waals surface area contributed by atoms with Gasteiger partial charge in [-0.05, 0) is 24.1 Å². The fraction of sp³-hybridized carbons (Fsp3) is 0.235. The molecule has 0 atom stereocenters. The number of methoxy groups -OCH3 is 1. The molecule has 0 heterocycles. The molecule has 0 unspecified atom stereocenters. The molecule has 2 rings (SSSR count). The summed E-state index contributed by atoms with van der Waals surface area (Å²) in [6.45, 7) is 2.09. The van der Waals surface area contributed by atoms with Crippen molar-refractivity contribution in [3.63, 3.8) is 0 Å². The third-order valence-electron chi connectivity index (χ3n) is 3.45. The van der Waals surface area contributed by atoms with Gasteiger partial charge in [-0.25, -0.2) is 0 Å². The van der Waals surface area contributed by atoms with E-state index < -0.39 is 4.92 Å². The summed E-state index contributed by atoms with van der Waals surface area (Å²) < 4.78 is 10.4. The normalized spacial score (nSPS) is 10.1. The van der Waals surface area contributed by atoms with Gasteiger partial charge in [-0.15, -0.1) is 0 Å². The Hall–Kier alpha value is -3.09. The maximum Gasteiger partial charge on any atom is 0.273 e. The number of nitrogens with zero attached hydrogens (tertiary/aromatic N) is 1. The summed E-state index contributed by atoms with van der Waals surface area (Å²) >= 11 is 0. The number of ether oxygens (including phenoxy) is 2. The van der Waals surface area contributed by atoms with Crippen LogP contribution in [-0.2, 0) is 11.3 Å². The Bertz CT molecular complexity index is 746. The first-order valence-corrected chi connectivity index (χ1v) is 7.27. The van der Waals surface area contributed by atoms with Crippen LogP contribution >= 0.6 is 0 Å². The van der Waals surface area contributed by atoms with E-state index in [9.17, 15) is 14.9 Å². The van der Waals surface area contributed by atoms with Crippen molar-refractivity contribution >= 4 is 11.6 Å². The van der Waals surface area contributed by atoms with Crippen LogP contribution in [-0.4, -0.2) is 24.5 Å². The van der Waals surface area contributed by atoms with Crippen LogP contribution < -0.4 is 14.8 Å².